The highest BCUT2D eigenvalue weighted by Crippen LogP contribution is 2.27. The quantitative estimate of drug-likeness (QED) is 0.921. The molecule has 1 aromatic carbocycles. The van der Waals surface area contributed by atoms with E-state index in [0.29, 0.717) is 18.5 Å². The monoisotopic (exact) mass is 346 g/mol. The summed E-state index contributed by atoms with van der Waals surface area (Å²) in [5, 5.41) is 4.65. The second-order valence-electron chi connectivity index (χ2n) is 6.09. The minimum Gasteiger partial charge on any atom is -0.339 e. The minimum atomic E-state index is -0.601. The van der Waals surface area contributed by atoms with E-state index in [1.807, 2.05) is 24.4 Å². The summed E-state index contributed by atoms with van der Waals surface area (Å²) in [5.74, 6) is -1.06. The second kappa shape index (κ2) is 6.73. The third kappa shape index (κ3) is 3.33. The number of rotatable bonds is 4. The van der Waals surface area contributed by atoms with Crippen LogP contribution in [-0.4, -0.2) is 29.8 Å². The van der Waals surface area contributed by atoms with Crippen molar-refractivity contribution in [1.29, 1.82) is 0 Å². The number of nitrogens with one attached hydrogen (secondary N) is 1. The standard InChI is InChI=1S/C18H19FN2O2S/c1-11(8-13-4-3-7-24-13)21(2)18(23)14-9-12-5-6-17(22)20-16(12)10-15(14)19/h3-4,7,9-11H,5-6,8H2,1-2H3,(H,20,22)/t11-/m1/s1. The van der Waals surface area contributed by atoms with Crippen molar-refractivity contribution >= 4 is 28.8 Å². The molecule has 126 valence electrons. The van der Waals surface area contributed by atoms with Crippen LogP contribution in [0.25, 0.3) is 0 Å². The number of hydrogen-bond donors (Lipinski definition) is 1. The number of nitrogens with zero attached hydrogens (tertiary/aromatic N) is 1. The summed E-state index contributed by atoms with van der Waals surface area (Å²) >= 11 is 1.65. The largest absolute Gasteiger partial charge is 0.339 e. The highest BCUT2D eigenvalue weighted by atomic mass is 32.1. The molecule has 0 saturated heterocycles. The molecule has 1 atom stereocenters. The number of thiophene rings is 1. The highest BCUT2D eigenvalue weighted by Gasteiger charge is 2.24. The van der Waals surface area contributed by atoms with Crippen molar-refractivity contribution in [3.8, 4) is 0 Å². The maximum Gasteiger partial charge on any atom is 0.256 e. The van der Waals surface area contributed by atoms with E-state index in [1.165, 1.54) is 10.9 Å². The Balaban J connectivity index is 1.80. The summed E-state index contributed by atoms with van der Waals surface area (Å²) in [6.45, 7) is 1.95. The Morgan fingerprint density at radius 1 is 1.42 bits per heavy atom. The summed E-state index contributed by atoms with van der Waals surface area (Å²) in [7, 11) is 1.70. The fraction of sp³-hybridized carbons (Fsp3) is 0.333. The molecule has 24 heavy (non-hydrogen) atoms. The molecule has 0 fully saturated rings. The van der Waals surface area contributed by atoms with Crippen LogP contribution in [0.5, 0.6) is 0 Å². The first kappa shape index (κ1) is 16.6. The maximum atomic E-state index is 14.4. The zero-order chi connectivity index (χ0) is 17.3. The van der Waals surface area contributed by atoms with Crippen molar-refractivity contribution in [3.63, 3.8) is 0 Å². The van der Waals surface area contributed by atoms with Crippen molar-refractivity contribution in [1.82, 2.24) is 4.90 Å². The zero-order valence-corrected chi connectivity index (χ0v) is 14.5. The summed E-state index contributed by atoms with van der Waals surface area (Å²) in [5.41, 5.74) is 1.33. The fourth-order valence-corrected chi connectivity index (χ4v) is 3.64. The van der Waals surface area contributed by atoms with Crippen molar-refractivity contribution in [2.45, 2.75) is 32.2 Å². The van der Waals surface area contributed by atoms with Crippen molar-refractivity contribution < 1.29 is 14.0 Å². The number of carbonyl (C=O) groups excluding carboxylic acids is 2. The number of likely N-dealkylation sites (N-methyl/N-ethyl adjacent to an activating group) is 1. The minimum absolute atomic E-state index is 0.0358. The number of fused-ring (bicyclic) bond motifs is 1. The van der Waals surface area contributed by atoms with E-state index in [9.17, 15) is 14.0 Å². The van der Waals surface area contributed by atoms with Crippen molar-refractivity contribution in [2.24, 2.45) is 0 Å². The molecule has 0 aliphatic carbocycles. The molecule has 2 amide bonds. The van der Waals surface area contributed by atoms with E-state index in [2.05, 4.69) is 5.32 Å². The lowest BCUT2D eigenvalue weighted by molar-refractivity contribution is -0.116. The Morgan fingerprint density at radius 2 is 2.21 bits per heavy atom. The van der Waals surface area contributed by atoms with Crippen molar-refractivity contribution in [2.75, 3.05) is 12.4 Å². The molecule has 1 aliphatic rings. The number of carbonyl (C=O) groups is 2. The van der Waals surface area contributed by atoms with E-state index in [-0.39, 0.29) is 23.4 Å². The second-order valence-corrected chi connectivity index (χ2v) is 7.12. The van der Waals surface area contributed by atoms with Crippen LogP contribution in [0, 0.1) is 5.82 Å². The summed E-state index contributed by atoms with van der Waals surface area (Å²) in [6.07, 6.45) is 1.62. The van der Waals surface area contributed by atoms with Gasteiger partial charge in [0.15, 0.2) is 0 Å². The van der Waals surface area contributed by atoms with Gasteiger partial charge in [-0.3, -0.25) is 9.59 Å². The topological polar surface area (TPSA) is 49.4 Å². The molecule has 2 aromatic rings. The lowest BCUT2D eigenvalue weighted by atomic mass is 9.99. The zero-order valence-electron chi connectivity index (χ0n) is 13.6. The van der Waals surface area contributed by atoms with Gasteiger partial charge in [-0.15, -0.1) is 11.3 Å². The van der Waals surface area contributed by atoms with Gasteiger partial charge in [0.2, 0.25) is 5.91 Å². The smallest absolute Gasteiger partial charge is 0.256 e. The molecule has 3 rings (SSSR count). The molecule has 0 saturated carbocycles. The first-order valence-electron chi connectivity index (χ1n) is 7.87. The van der Waals surface area contributed by atoms with Gasteiger partial charge < -0.3 is 10.2 Å². The summed E-state index contributed by atoms with van der Waals surface area (Å²) < 4.78 is 14.4. The predicted octanol–water partition coefficient (Wildman–Crippen LogP) is 3.48. The molecular formula is C18H19FN2O2S. The number of anilines is 1. The molecule has 0 radical (unpaired) electrons. The van der Waals surface area contributed by atoms with Gasteiger partial charge in [-0.2, -0.15) is 0 Å². The van der Waals surface area contributed by atoms with Crippen LogP contribution < -0.4 is 5.32 Å². The molecule has 1 aliphatic heterocycles. The maximum absolute atomic E-state index is 14.4. The van der Waals surface area contributed by atoms with Gasteiger partial charge in [0.25, 0.3) is 5.91 Å². The molecular weight excluding hydrogens is 327 g/mol. The average Bonchev–Trinajstić information content (AvgIpc) is 3.05. The number of benzene rings is 1. The van der Waals surface area contributed by atoms with Crippen LogP contribution in [0.4, 0.5) is 10.1 Å². The van der Waals surface area contributed by atoms with Crippen LogP contribution in [0.1, 0.15) is 34.1 Å². The van der Waals surface area contributed by atoms with Crippen LogP contribution in [-0.2, 0) is 17.6 Å². The first-order valence-corrected chi connectivity index (χ1v) is 8.75. The molecule has 1 aromatic heterocycles. The van der Waals surface area contributed by atoms with E-state index in [4.69, 9.17) is 0 Å². The van der Waals surface area contributed by atoms with E-state index < -0.39 is 5.82 Å². The van der Waals surface area contributed by atoms with E-state index >= 15 is 0 Å². The number of hydrogen-bond acceptors (Lipinski definition) is 3. The number of halogens is 1. The predicted molar refractivity (Wildman–Crippen MR) is 92.9 cm³/mol. The lowest BCUT2D eigenvalue weighted by Gasteiger charge is -2.26. The average molecular weight is 346 g/mol. The van der Waals surface area contributed by atoms with Gasteiger partial charge in [0, 0.05) is 36.5 Å². The third-order valence-corrected chi connectivity index (χ3v) is 5.28. The van der Waals surface area contributed by atoms with Crippen LogP contribution in [0.3, 0.4) is 0 Å². The van der Waals surface area contributed by atoms with Gasteiger partial charge in [-0.25, -0.2) is 4.39 Å². The van der Waals surface area contributed by atoms with Gasteiger partial charge in [-0.05, 0) is 42.5 Å². The molecule has 6 heteroatoms. The molecule has 1 N–H and O–H groups in total. The van der Waals surface area contributed by atoms with Crippen LogP contribution >= 0.6 is 11.3 Å². The Bertz CT molecular complexity index is 774. The fourth-order valence-electron chi connectivity index (χ4n) is 2.81. The van der Waals surface area contributed by atoms with Crippen LogP contribution in [0.2, 0.25) is 0 Å². The summed E-state index contributed by atoms with van der Waals surface area (Å²) in [4.78, 5) is 26.9. The number of amides is 2. The lowest BCUT2D eigenvalue weighted by Crippen LogP contribution is -2.37. The normalized spacial score (nSPS) is 14.7. The third-order valence-electron chi connectivity index (χ3n) is 4.38. The SMILES string of the molecule is C[C@H](Cc1cccs1)N(C)C(=O)c1cc2c(cc1F)NC(=O)CC2. The molecule has 0 unspecified atom stereocenters. The molecule has 4 nitrogen and oxygen atoms in total. The Hall–Kier alpha value is -2.21. The van der Waals surface area contributed by atoms with Gasteiger partial charge in [0.1, 0.15) is 5.82 Å². The first-order chi connectivity index (χ1) is 11.5. The van der Waals surface area contributed by atoms with Crippen LogP contribution in [0.15, 0.2) is 29.6 Å². The highest BCUT2D eigenvalue weighted by molar-refractivity contribution is 7.09. The Morgan fingerprint density at radius 3 is 2.92 bits per heavy atom. The van der Waals surface area contributed by atoms with Gasteiger partial charge in [0.05, 0.1) is 5.56 Å². The van der Waals surface area contributed by atoms with Crippen molar-refractivity contribution in [3.05, 3.63) is 51.5 Å². The Kier molecular flexibility index (Phi) is 4.66. The van der Waals surface area contributed by atoms with E-state index in [0.717, 1.165) is 12.0 Å². The van der Waals surface area contributed by atoms with Gasteiger partial charge in [-0.1, -0.05) is 6.07 Å². The summed E-state index contributed by atoms with van der Waals surface area (Å²) in [6, 6.07) is 6.79. The molecule has 2 heterocycles. The Labute approximate surface area is 144 Å². The van der Waals surface area contributed by atoms with Gasteiger partial charge >= 0.3 is 0 Å². The van der Waals surface area contributed by atoms with E-state index in [1.54, 1.807) is 29.4 Å². The molecule has 0 spiro atoms. The number of aryl methyl sites for hydroxylation is 1. The molecule has 0 bridgehead atoms.